The minimum atomic E-state index is -1.30. The molecule has 1 rings (SSSR count). The van der Waals surface area contributed by atoms with Crippen LogP contribution in [-0.2, 0) is 14.3 Å². The minimum absolute atomic E-state index is 0.307. The van der Waals surface area contributed by atoms with Gasteiger partial charge in [0.1, 0.15) is 16.5 Å². The van der Waals surface area contributed by atoms with Gasteiger partial charge in [-0.15, -0.1) is 0 Å². The zero-order chi connectivity index (χ0) is 10.2. The van der Waals surface area contributed by atoms with Crippen LogP contribution in [-0.4, -0.2) is 33.9 Å². The maximum Gasteiger partial charge on any atom is 0.171 e. The van der Waals surface area contributed by atoms with Gasteiger partial charge < -0.3 is 9.84 Å². The molecule has 0 aliphatic carbocycles. The Bertz CT molecular complexity index is 240. The fourth-order valence-corrected chi connectivity index (χ4v) is 1.72. The summed E-state index contributed by atoms with van der Waals surface area (Å²) in [6, 6.07) is 0. The Morgan fingerprint density at radius 3 is 2.62 bits per heavy atom. The van der Waals surface area contributed by atoms with E-state index in [1.54, 1.807) is 6.92 Å². The number of hydrogen-bond acceptors (Lipinski definition) is 4. The number of carbonyl (C=O) groups is 2. The van der Waals surface area contributed by atoms with Crippen molar-refractivity contribution in [3.8, 4) is 0 Å². The second-order valence-corrected chi connectivity index (χ2v) is 4.11. The Labute approximate surface area is 84.4 Å². The van der Waals surface area contributed by atoms with Gasteiger partial charge in [-0.05, 0) is 13.8 Å². The molecule has 1 fully saturated rings. The summed E-state index contributed by atoms with van der Waals surface area (Å²) in [5.41, 5.74) is 0. The van der Waals surface area contributed by atoms with E-state index in [2.05, 4.69) is 15.9 Å². The molecule has 4 unspecified atom stereocenters. The molecular weight excluding hydrogens is 240 g/mol. The van der Waals surface area contributed by atoms with Crippen LogP contribution < -0.4 is 0 Å². The maximum absolute atomic E-state index is 11.5. The molecule has 0 amide bonds. The number of hydrogen-bond donors (Lipinski definition) is 1. The second-order valence-electron chi connectivity index (χ2n) is 3.12. The molecule has 0 bridgehead atoms. The van der Waals surface area contributed by atoms with Crippen molar-refractivity contribution in [2.75, 3.05) is 0 Å². The van der Waals surface area contributed by atoms with Crippen LogP contribution in [0.15, 0.2) is 0 Å². The van der Waals surface area contributed by atoms with Gasteiger partial charge in [-0.2, -0.15) is 0 Å². The Kier molecular flexibility index (Phi) is 3.21. The third-order valence-electron chi connectivity index (χ3n) is 2.07. The lowest BCUT2D eigenvalue weighted by atomic mass is 9.92. The first-order valence-corrected chi connectivity index (χ1v) is 4.88. The number of aliphatic hydroxyl groups is 1. The van der Waals surface area contributed by atoms with Gasteiger partial charge in [-0.1, -0.05) is 15.9 Å². The van der Waals surface area contributed by atoms with E-state index in [4.69, 9.17) is 4.74 Å². The Hall–Kier alpha value is -0.260. The summed E-state index contributed by atoms with van der Waals surface area (Å²) in [6.07, 6.45) is -1.70. The molecular formula is C8H11BrO4. The lowest BCUT2D eigenvalue weighted by Gasteiger charge is -2.32. The number of Topliss-reactive ketones (excluding diaryl/α,β-unsaturated/α-hetero) is 2. The smallest absolute Gasteiger partial charge is 0.171 e. The number of carbonyl (C=O) groups excluding carboxylic acids is 2. The highest BCUT2D eigenvalue weighted by Crippen LogP contribution is 2.26. The van der Waals surface area contributed by atoms with E-state index in [9.17, 15) is 14.7 Å². The van der Waals surface area contributed by atoms with E-state index < -0.39 is 23.1 Å². The fourth-order valence-electron chi connectivity index (χ4n) is 1.31. The van der Waals surface area contributed by atoms with Gasteiger partial charge in [-0.3, -0.25) is 9.59 Å². The maximum atomic E-state index is 11.5. The highest BCUT2D eigenvalue weighted by molar-refractivity contribution is 9.10. The third-order valence-corrected chi connectivity index (χ3v) is 3.26. The third kappa shape index (κ3) is 1.98. The van der Waals surface area contributed by atoms with Crippen molar-refractivity contribution in [2.45, 2.75) is 31.1 Å². The molecule has 5 heteroatoms. The summed E-state index contributed by atoms with van der Waals surface area (Å²) >= 11 is 3.12. The molecule has 1 N–H and O–H groups in total. The van der Waals surface area contributed by atoms with Crippen molar-refractivity contribution < 1.29 is 19.4 Å². The monoisotopic (exact) mass is 250 g/mol. The number of alkyl halides is 1. The molecule has 0 radical (unpaired) electrons. The summed E-state index contributed by atoms with van der Waals surface area (Å²) in [5, 5.41) is 9.31. The summed E-state index contributed by atoms with van der Waals surface area (Å²) in [4.78, 5) is 22.0. The molecule has 0 aromatic rings. The molecule has 0 spiro atoms. The molecule has 0 saturated carbocycles. The number of rotatable bonds is 1. The first kappa shape index (κ1) is 10.8. The molecule has 4 atom stereocenters. The predicted octanol–water partition coefficient (Wildman–Crippen LogP) is 0.261. The molecule has 1 aliphatic rings. The highest BCUT2D eigenvalue weighted by atomic mass is 79.9. The van der Waals surface area contributed by atoms with Gasteiger partial charge in [-0.25, -0.2) is 0 Å². The molecule has 0 aromatic carbocycles. The predicted molar refractivity (Wildman–Crippen MR) is 48.4 cm³/mol. The Morgan fingerprint density at radius 2 is 2.15 bits per heavy atom. The van der Waals surface area contributed by atoms with Crippen LogP contribution in [0.25, 0.3) is 0 Å². The Balaban J connectivity index is 2.86. The largest absolute Gasteiger partial charge is 0.367 e. The summed E-state index contributed by atoms with van der Waals surface area (Å²) in [7, 11) is 0. The first-order chi connectivity index (χ1) is 5.95. The summed E-state index contributed by atoms with van der Waals surface area (Å²) in [5.74, 6) is -1.71. The molecule has 74 valence electrons. The second kappa shape index (κ2) is 3.86. The average molecular weight is 251 g/mol. The number of ether oxygens (including phenoxy) is 1. The van der Waals surface area contributed by atoms with E-state index in [-0.39, 0.29) is 11.6 Å². The van der Waals surface area contributed by atoms with Crippen LogP contribution >= 0.6 is 15.9 Å². The zero-order valence-electron chi connectivity index (χ0n) is 7.36. The number of aliphatic hydroxyl groups excluding tert-OH is 1. The normalized spacial score (nSPS) is 40.5. The van der Waals surface area contributed by atoms with E-state index in [1.807, 2.05) is 0 Å². The van der Waals surface area contributed by atoms with Crippen LogP contribution in [0.5, 0.6) is 0 Å². The van der Waals surface area contributed by atoms with E-state index in [0.717, 1.165) is 0 Å². The van der Waals surface area contributed by atoms with Crippen LogP contribution in [0.3, 0.4) is 0 Å². The lowest BCUT2D eigenvalue weighted by Crippen LogP contribution is -2.50. The van der Waals surface area contributed by atoms with Crippen LogP contribution in [0.4, 0.5) is 0 Å². The molecule has 1 heterocycles. The minimum Gasteiger partial charge on any atom is -0.367 e. The first-order valence-electron chi connectivity index (χ1n) is 3.97. The van der Waals surface area contributed by atoms with Crippen LogP contribution in [0.2, 0.25) is 0 Å². The van der Waals surface area contributed by atoms with Crippen molar-refractivity contribution in [3.63, 3.8) is 0 Å². The number of ketones is 2. The topological polar surface area (TPSA) is 63.6 Å². The SMILES string of the molecule is CC(=O)C1C(=O)C(Br)C(C)OC1O. The van der Waals surface area contributed by atoms with Gasteiger partial charge in [0.05, 0.1) is 6.10 Å². The quantitative estimate of drug-likeness (QED) is 0.536. The lowest BCUT2D eigenvalue weighted by molar-refractivity contribution is -0.189. The zero-order valence-corrected chi connectivity index (χ0v) is 8.95. The fraction of sp³-hybridized carbons (Fsp3) is 0.750. The number of halogens is 1. The molecule has 13 heavy (non-hydrogen) atoms. The standard InChI is InChI=1S/C8H11BrO4/c1-3(10)5-7(11)6(9)4(2)13-8(5)12/h4-6,8,12H,1-2H3. The van der Waals surface area contributed by atoms with Gasteiger partial charge in [0.2, 0.25) is 0 Å². The van der Waals surface area contributed by atoms with Gasteiger partial charge in [0.25, 0.3) is 0 Å². The highest BCUT2D eigenvalue weighted by Gasteiger charge is 2.43. The van der Waals surface area contributed by atoms with Crippen molar-refractivity contribution in [1.82, 2.24) is 0 Å². The van der Waals surface area contributed by atoms with Gasteiger partial charge >= 0.3 is 0 Å². The van der Waals surface area contributed by atoms with Gasteiger partial charge in [0, 0.05) is 0 Å². The van der Waals surface area contributed by atoms with Crippen molar-refractivity contribution in [2.24, 2.45) is 5.92 Å². The summed E-state index contributed by atoms with van der Waals surface area (Å²) in [6.45, 7) is 2.93. The Morgan fingerprint density at radius 1 is 1.62 bits per heavy atom. The van der Waals surface area contributed by atoms with E-state index >= 15 is 0 Å². The van der Waals surface area contributed by atoms with Crippen molar-refractivity contribution in [3.05, 3.63) is 0 Å². The molecule has 0 aromatic heterocycles. The van der Waals surface area contributed by atoms with Crippen LogP contribution in [0.1, 0.15) is 13.8 Å². The van der Waals surface area contributed by atoms with Crippen molar-refractivity contribution >= 4 is 27.5 Å². The van der Waals surface area contributed by atoms with Gasteiger partial charge in [0.15, 0.2) is 12.1 Å². The summed E-state index contributed by atoms with van der Waals surface area (Å²) < 4.78 is 5.01. The van der Waals surface area contributed by atoms with E-state index in [1.165, 1.54) is 6.92 Å². The van der Waals surface area contributed by atoms with Crippen LogP contribution in [0, 0.1) is 5.92 Å². The van der Waals surface area contributed by atoms with E-state index in [0.29, 0.717) is 0 Å². The molecule has 4 nitrogen and oxygen atoms in total. The average Bonchev–Trinajstić information content (AvgIpc) is 1.99. The molecule has 1 aliphatic heterocycles. The van der Waals surface area contributed by atoms with Crippen molar-refractivity contribution in [1.29, 1.82) is 0 Å². The molecule has 1 saturated heterocycles.